The largest absolute Gasteiger partial charge is 0.382 e. The van der Waals surface area contributed by atoms with Crippen LogP contribution in [0.25, 0.3) is 0 Å². The summed E-state index contributed by atoms with van der Waals surface area (Å²) in [4.78, 5) is 0. The molecule has 4 heteroatoms. The molecule has 0 amide bonds. The molecule has 0 aliphatic carbocycles. The highest BCUT2D eigenvalue weighted by atomic mass is 32.2. The van der Waals surface area contributed by atoms with Gasteiger partial charge < -0.3 is 10.2 Å². The number of aliphatic hydroxyl groups excluding tert-OH is 2. The fourth-order valence-electron chi connectivity index (χ4n) is 1.14. The topological polar surface area (TPSA) is 40.5 Å². The quantitative estimate of drug-likeness (QED) is 0.586. The zero-order valence-corrected chi connectivity index (χ0v) is 11.4. The predicted molar refractivity (Wildman–Crippen MR) is 71.4 cm³/mol. The van der Waals surface area contributed by atoms with Crippen LogP contribution in [0.5, 0.6) is 0 Å². The van der Waals surface area contributed by atoms with Gasteiger partial charge in [-0.15, -0.1) is 23.5 Å². The number of rotatable bonds is 10. The van der Waals surface area contributed by atoms with Crippen LogP contribution in [0.1, 0.15) is 46.0 Å². The van der Waals surface area contributed by atoms with Gasteiger partial charge >= 0.3 is 0 Å². The highest BCUT2D eigenvalue weighted by molar-refractivity contribution is 7.99. The molecule has 0 heterocycles. The third-order valence-electron chi connectivity index (χ3n) is 1.93. The van der Waals surface area contributed by atoms with E-state index in [0.717, 1.165) is 43.6 Å². The molecule has 0 rings (SSSR count). The molecule has 2 nitrogen and oxygen atoms in total. The van der Waals surface area contributed by atoms with E-state index in [2.05, 4.69) is 13.8 Å². The summed E-state index contributed by atoms with van der Waals surface area (Å²) in [7, 11) is 0. The van der Waals surface area contributed by atoms with Crippen LogP contribution in [-0.2, 0) is 0 Å². The van der Waals surface area contributed by atoms with Crippen LogP contribution in [0, 0.1) is 0 Å². The molecular formula is C11H24O2S2. The van der Waals surface area contributed by atoms with E-state index in [0.29, 0.717) is 0 Å². The van der Waals surface area contributed by atoms with Crippen LogP contribution in [0.2, 0.25) is 0 Å². The van der Waals surface area contributed by atoms with Crippen LogP contribution in [0.3, 0.4) is 0 Å². The Balaban J connectivity index is 3.27. The third kappa shape index (κ3) is 10.9. The zero-order chi connectivity index (χ0) is 11.5. The van der Waals surface area contributed by atoms with Crippen LogP contribution >= 0.6 is 23.5 Å². The SMILES string of the molecule is CCCSC(O)CCCC(O)SCCC. The van der Waals surface area contributed by atoms with Gasteiger partial charge in [-0.2, -0.15) is 0 Å². The molecule has 0 radical (unpaired) electrons. The molecule has 0 saturated heterocycles. The first kappa shape index (κ1) is 15.6. The van der Waals surface area contributed by atoms with Gasteiger partial charge in [-0.25, -0.2) is 0 Å². The van der Waals surface area contributed by atoms with Crippen LogP contribution in [0.4, 0.5) is 0 Å². The molecule has 0 fully saturated rings. The molecule has 2 unspecified atom stereocenters. The lowest BCUT2D eigenvalue weighted by Gasteiger charge is -2.12. The minimum Gasteiger partial charge on any atom is -0.382 e. The normalized spacial score (nSPS) is 15.2. The summed E-state index contributed by atoms with van der Waals surface area (Å²) in [5, 5.41) is 19.1. The molecular weight excluding hydrogens is 228 g/mol. The van der Waals surface area contributed by atoms with Gasteiger partial charge in [0.2, 0.25) is 0 Å². The lowest BCUT2D eigenvalue weighted by atomic mass is 10.2. The Morgan fingerprint density at radius 3 is 1.60 bits per heavy atom. The molecule has 15 heavy (non-hydrogen) atoms. The first-order valence-corrected chi connectivity index (χ1v) is 7.89. The maximum atomic E-state index is 9.54. The van der Waals surface area contributed by atoms with Crippen molar-refractivity contribution in [3.05, 3.63) is 0 Å². The summed E-state index contributed by atoms with van der Waals surface area (Å²) >= 11 is 3.23. The van der Waals surface area contributed by atoms with Crippen LogP contribution in [-0.4, -0.2) is 32.6 Å². The zero-order valence-electron chi connectivity index (χ0n) is 9.82. The third-order valence-corrected chi connectivity index (χ3v) is 4.46. The monoisotopic (exact) mass is 252 g/mol. The van der Waals surface area contributed by atoms with Gasteiger partial charge in [0.1, 0.15) is 0 Å². The molecule has 0 aromatic heterocycles. The molecule has 0 spiro atoms. The maximum Gasteiger partial charge on any atom is 0.0992 e. The Bertz CT molecular complexity index is 120. The van der Waals surface area contributed by atoms with E-state index in [1.807, 2.05) is 0 Å². The summed E-state index contributed by atoms with van der Waals surface area (Å²) in [6.45, 7) is 4.23. The minimum atomic E-state index is -0.242. The van der Waals surface area contributed by atoms with Crippen molar-refractivity contribution >= 4 is 23.5 Å². The summed E-state index contributed by atoms with van der Waals surface area (Å²) in [5.74, 6) is 2.04. The van der Waals surface area contributed by atoms with E-state index >= 15 is 0 Å². The summed E-state index contributed by atoms with van der Waals surface area (Å²) in [5.41, 5.74) is -0.485. The first-order chi connectivity index (χ1) is 7.20. The van der Waals surface area contributed by atoms with Crippen LogP contribution in [0.15, 0.2) is 0 Å². The highest BCUT2D eigenvalue weighted by Gasteiger charge is 2.07. The van der Waals surface area contributed by atoms with Crippen molar-refractivity contribution < 1.29 is 10.2 Å². The Labute approximate surface area is 102 Å². The van der Waals surface area contributed by atoms with Crippen molar-refractivity contribution in [1.82, 2.24) is 0 Å². The molecule has 0 aromatic carbocycles. The Hall–Kier alpha value is 0.620. The average Bonchev–Trinajstić information content (AvgIpc) is 2.23. The Morgan fingerprint density at radius 2 is 1.27 bits per heavy atom. The van der Waals surface area contributed by atoms with Gasteiger partial charge in [0.15, 0.2) is 0 Å². The maximum absolute atomic E-state index is 9.54. The van der Waals surface area contributed by atoms with Crippen molar-refractivity contribution in [2.45, 2.75) is 56.8 Å². The number of aliphatic hydroxyl groups is 2. The van der Waals surface area contributed by atoms with Gasteiger partial charge in [0.05, 0.1) is 10.9 Å². The standard InChI is InChI=1S/C11H24O2S2/c1-3-8-14-10(12)6-5-7-11(13)15-9-4-2/h10-13H,3-9H2,1-2H3. The lowest BCUT2D eigenvalue weighted by molar-refractivity contribution is 0.221. The second-order valence-electron chi connectivity index (χ2n) is 3.58. The second-order valence-corrected chi connectivity index (χ2v) is 6.15. The first-order valence-electron chi connectivity index (χ1n) is 5.80. The van der Waals surface area contributed by atoms with E-state index in [4.69, 9.17) is 0 Å². The van der Waals surface area contributed by atoms with Gasteiger partial charge in [-0.05, 0) is 43.6 Å². The Kier molecular flexibility index (Phi) is 11.6. The highest BCUT2D eigenvalue weighted by Crippen LogP contribution is 2.19. The lowest BCUT2D eigenvalue weighted by Crippen LogP contribution is -2.06. The molecule has 0 aliphatic rings. The fourth-order valence-corrected chi connectivity index (χ4v) is 2.82. The number of thioether (sulfide) groups is 2. The number of hydrogen-bond acceptors (Lipinski definition) is 4. The molecule has 0 aliphatic heterocycles. The van der Waals surface area contributed by atoms with E-state index in [1.165, 1.54) is 0 Å². The smallest absolute Gasteiger partial charge is 0.0992 e. The minimum absolute atomic E-state index is 0.242. The molecule has 0 aromatic rings. The van der Waals surface area contributed by atoms with Crippen molar-refractivity contribution in [2.24, 2.45) is 0 Å². The van der Waals surface area contributed by atoms with Gasteiger partial charge in [0.25, 0.3) is 0 Å². The van der Waals surface area contributed by atoms with Gasteiger partial charge in [-0.1, -0.05) is 13.8 Å². The van der Waals surface area contributed by atoms with Crippen molar-refractivity contribution in [3.63, 3.8) is 0 Å². The molecule has 2 N–H and O–H groups in total. The summed E-state index contributed by atoms with van der Waals surface area (Å²) in [6, 6.07) is 0. The molecule has 92 valence electrons. The van der Waals surface area contributed by atoms with E-state index in [-0.39, 0.29) is 10.9 Å². The predicted octanol–water partition coefficient (Wildman–Crippen LogP) is 3.08. The van der Waals surface area contributed by atoms with Crippen molar-refractivity contribution in [2.75, 3.05) is 11.5 Å². The van der Waals surface area contributed by atoms with Gasteiger partial charge in [-0.3, -0.25) is 0 Å². The average molecular weight is 252 g/mol. The summed E-state index contributed by atoms with van der Waals surface area (Å²) < 4.78 is 0. The van der Waals surface area contributed by atoms with E-state index in [9.17, 15) is 10.2 Å². The summed E-state index contributed by atoms with van der Waals surface area (Å²) in [6.07, 6.45) is 4.73. The van der Waals surface area contributed by atoms with Crippen LogP contribution < -0.4 is 0 Å². The fraction of sp³-hybridized carbons (Fsp3) is 1.00. The molecule has 0 saturated carbocycles. The van der Waals surface area contributed by atoms with Gasteiger partial charge in [0, 0.05) is 0 Å². The Morgan fingerprint density at radius 1 is 0.867 bits per heavy atom. The van der Waals surface area contributed by atoms with E-state index < -0.39 is 0 Å². The second kappa shape index (κ2) is 11.1. The van der Waals surface area contributed by atoms with Crippen molar-refractivity contribution in [3.8, 4) is 0 Å². The molecule has 2 atom stereocenters. The molecule has 0 bridgehead atoms. The van der Waals surface area contributed by atoms with Crippen molar-refractivity contribution in [1.29, 1.82) is 0 Å². The van der Waals surface area contributed by atoms with E-state index in [1.54, 1.807) is 23.5 Å². The number of hydrogen-bond donors (Lipinski definition) is 2.